The molecule has 1 fully saturated rings. The number of hydrogen-bond donors (Lipinski definition) is 2. The highest BCUT2D eigenvalue weighted by molar-refractivity contribution is 7.92. The molecule has 0 bridgehead atoms. The normalized spacial score (nSPS) is 16.2. The van der Waals surface area contributed by atoms with E-state index in [1.54, 1.807) is 24.3 Å². The zero-order valence-electron chi connectivity index (χ0n) is 13.5. The van der Waals surface area contributed by atoms with Crippen molar-refractivity contribution in [2.24, 2.45) is 11.7 Å². The van der Waals surface area contributed by atoms with E-state index in [0.717, 1.165) is 12.8 Å². The van der Waals surface area contributed by atoms with Crippen LogP contribution in [0.15, 0.2) is 24.3 Å². The lowest BCUT2D eigenvalue weighted by molar-refractivity contribution is 0.0985. The van der Waals surface area contributed by atoms with Gasteiger partial charge in [0.15, 0.2) is 5.78 Å². The summed E-state index contributed by atoms with van der Waals surface area (Å²) in [6.45, 7) is 0.288. The van der Waals surface area contributed by atoms with Gasteiger partial charge < -0.3 is 5.73 Å². The van der Waals surface area contributed by atoms with Gasteiger partial charge in [-0.05, 0) is 31.0 Å². The average Bonchev–Trinajstić information content (AvgIpc) is 2.54. The molecule has 0 atom stereocenters. The SMILES string of the molecule is NCCC(=O)c1cccc(NS(=O)(=O)CCC2CCCCC2)c1. The average molecular weight is 338 g/mol. The Labute approximate surface area is 138 Å². The molecule has 1 aromatic carbocycles. The first-order chi connectivity index (χ1) is 11.0. The predicted molar refractivity (Wildman–Crippen MR) is 93.0 cm³/mol. The first-order valence-electron chi connectivity index (χ1n) is 8.34. The van der Waals surface area contributed by atoms with E-state index in [2.05, 4.69) is 4.72 Å². The number of carbonyl (C=O) groups excluding carboxylic acids is 1. The third-order valence-electron chi connectivity index (χ3n) is 4.35. The number of sulfonamides is 1. The third-order valence-corrected chi connectivity index (χ3v) is 5.67. The van der Waals surface area contributed by atoms with Gasteiger partial charge in [0, 0.05) is 17.7 Å². The molecule has 0 spiro atoms. The summed E-state index contributed by atoms with van der Waals surface area (Å²) < 4.78 is 27.1. The molecular weight excluding hydrogens is 312 g/mol. The van der Waals surface area contributed by atoms with E-state index in [0.29, 0.717) is 23.6 Å². The van der Waals surface area contributed by atoms with Crippen molar-refractivity contribution in [3.05, 3.63) is 29.8 Å². The van der Waals surface area contributed by atoms with Crippen LogP contribution in [0.1, 0.15) is 55.3 Å². The van der Waals surface area contributed by atoms with Gasteiger partial charge in [-0.3, -0.25) is 9.52 Å². The minimum atomic E-state index is -3.37. The highest BCUT2D eigenvalue weighted by Crippen LogP contribution is 2.26. The Morgan fingerprint density at radius 2 is 1.96 bits per heavy atom. The number of benzene rings is 1. The van der Waals surface area contributed by atoms with Crippen molar-refractivity contribution in [1.82, 2.24) is 0 Å². The van der Waals surface area contributed by atoms with Gasteiger partial charge in [0.25, 0.3) is 0 Å². The zero-order chi connectivity index (χ0) is 16.7. The van der Waals surface area contributed by atoms with Gasteiger partial charge in [0.2, 0.25) is 10.0 Å². The summed E-state index contributed by atoms with van der Waals surface area (Å²) in [6.07, 6.45) is 6.94. The molecule has 0 saturated heterocycles. The predicted octanol–water partition coefficient (Wildman–Crippen LogP) is 2.93. The van der Waals surface area contributed by atoms with Gasteiger partial charge in [-0.25, -0.2) is 8.42 Å². The number of nitrogens with two attached hydrogens (primary N) is 1. The number of Topliss-reactive ketones (excluding diaryl/α,β-unsaturated/α-hetero) is 1. The molecule has 0 heterocycles. The van der Waals surface area contributed by atoms with Crippen LogP contribution in [-0.2, 0) is 10.0 Å². The Hall–Kier alpha value is -1.40. The van der Waals surface area contributed by atoms with Gasteiger partial charge in [-0.2, -0.15) is 0 Å². The van der Waals surface area contributed by atoms with Gasteiger partial charge in [0.1, 0.15) is 0 Å². The number of carbonyl (C=O) groups is 1. The maximum Gasteiger partial charge on any atom is 0.232 e. The van der Waals surface area contributed by atoms with E-state index in [-0.39, 0.29) is 24.5 Å². The molecule has 2 rings (SSSR count). The summed E-state index contributed by atoms with van der Waals surface area (Å²) >= 11 is 0. The summed E-state index contributed by atoms with van der Waals surface area (Å²) in [6, 6.07) is 6.61. The van der Waals surface area contributed by atoms with E-state index >= 15 is 0 Å². The summed E-state index contributed by atoms with van der Waals surface area (Å²) in [5, 5.41) is 0. The molecule has 3 N–H and O–H groups in total. The van der Waals surface area contributed by atoms with Crippen molar-refractivity contribution < 1.29 is 13.2 Å². The van der Waals surface area contributed by atoms with Crippen LogP contribution in [0.4, 0.5) is 5.69 Å². The van der Waals surface area contributed by atoms with E-state index in [4.69, 9.17) is 5.73 Å². The van der Waals surface area contributed by atoms with E-state index in [1.165, 1.54) is 19.3 Å². The van der Waals surface area contributed by atoms with Crippen LogP contribution < -0.4 is 10.5 Å². The molecule has 0 unspecified atom stereocenters. The van der Waals surface area contributed by atoms with Crippen molar-refractivity contribution in [3.63, 3.8) is 0 Å². The van der Waals surface area contributed by atoms with Crippen LogP contribution in [0.5, 0.6) is 0 Å². The molecule has 6 heteroatoms. The summed E-state index contributed by atoms with van der Waals surface area (Å²) in [5.41, 5.74) is 6.31. The topological polar surface area (TPSA) is 89.3 Å². The molecule has 1 saturated carbocycles. The van der Waals surface area contributed by atoms with Crippen LogP contribution >= 0.6 is 0 Å². The molecule has 1 aliphatic rings. The van der Waals surface area contributed by atoms with E-state index in [9.17, 15) is 13.2 Å². The molecule has 5 nitrogen and oxygen atoms in total. The van der Waals surface area contributed by atoms with Gasteiger partial charge in [0.05, 0.1) is 5.75 Å². The smallest absolute Gasteiger partial charge is 0.232 e. The first kappa shape index (κ1) is 17.9. The minimum Gasteiger partial charge on any atom is -0.330 e. The molecule has 0 amide bonds. The fourth-order valence-electron chi connectivity index (χ4n) is 3.06. The fraction of sp³-hybridized carbons (Fsp3) is 0.588. The third kappa shape index (κ3) is 5.95. The second-order valence-electron chi connectivity index (χ2n) is 6.26. The lowest BCUT2D eigenvalue weighted by Crippen LogP contribution is -2.20. The Balaban J connectivity index is 1.94. The van der Waals surface area contributed by atoms with Gasteiger partial charge in [-0.15, -0.1) is 0 Å². The highest BCUT2D eigenvalue weighted by Gasteiger charge is 2.18. The Bertz CT molecular complexity index is 622. The van der Waals surface area contributed by atoms with Crippen molar-refractivity contribution in [2.75, 3.05) is 17.0 Å². The Kier molecular flexibility index (Phi) is 6.59. The fourth-order valence-corrected chi connectivity index (χ4v) is 4.29. The maximum atomic E-state index is 12.2. The number of rotatable bonds is 8. The number of ketones is 1. The largest absolute Gasteiger partial charge is 0.330 e. The van der Waals surface area contributed by atoms with Crippen molar-refractivity contribution in [1.29, 1.82) is 0 Å². The molecule has 23 heavy (non-hydrogen) atoms. The van der Waals surface area contributed by atoms with Crippen LogP contribution in [0.3, 0.4) is 0 Å². The van der Waals surface area contributed by atoms with Crippen LogP contribution in [0.25, 0.3) is 0 Å². The molecular formula is C17H26N2O3S. The lowest BCUT2D eigenvalue weighted by Gasteiger charge is -2.21. The summed E-state index contributed by atoms with van der Waals surface area (Å²) in [4.78, 5) is 11.8. The maximum absolute atomic E-state index is 12.2. The Morgan fingerprint density at radius 1 is 1.22 bits per heavy atom. The number of hydrogen-bond acceptors (Lipinski definition) is 4. The number of anilines is 1. The van der Waals surface area contributed by atoms with Crippen molar-refractivity contribution in [2.45, 2.75) is 44.9 Å². The zero-order valence-corrected chi connectivity index (χ0v) is 14.3. The summed E-state index contributed by atoms with van der Waals surface area (Å²) in [5.74, 6) is 0.590. The van der Waals surface area contributed by atoms with Crippen molar-refractivity contribution >= 4 is 21.5 Å². The molecule has 1 aliphatic carbocycles. The number of nitrogens with one attached hydrogen (secondary N) is 1. The quantitative estimate of drug-likeness (QED) is 0.713. The molecule has 1 aromatic rings. The van der Waals surface area contributed by atoms with Gasteiger partial charge in [-0.1, -0.05) is 44.2 Å². The van der Waals surface area contributed by atoms with Crippen molar-refractivity contribution in [3.8, 4) is 0 Å². The minimum absolute atomic E-state index is 0.0734. The van der Waals surface area contributed by atoms with Crippen LogP contribution in [-0.4, -0.2) is 26.5 Å². The van der Waals surface area contributed by atoms with E-state index in [1.807, 2.05) is 0 Å². The Morgan fingerprint density at radius 3 is 2.65 bits per heavy atom. The monoisotopic (exact) mass is 338 g/mol. The molecule has 0 radical (unpaired) electrons. The van der Waals surface area contributed by atoms with Crippen LogP contribution in [0, 0.1) is 5.92 Å². The molecule has 128 valence electrons. The first-order valence-corrected chi connectivity index (χ1v) is 9.99. The molecule has 0 aliphatic heterocycles. The summed E-state index contributed by atoms with van der Waals surface area (Å²) in [7, 11) is -3.37. The van der Waals surface area contributed by atoms with E-state index < -0.39 is 10.0 Å². The lowest BCUT2D eigenvalue weighted by atomic mass is 9.88. The second-order valence-corrected chi connectivity index (χ2v) is 8.10. The van der Waals surface area contributed by atoms with Crippen LogP contribution in [0.2, 0.25) is 0 Å². The standard InChI is InChI=1S/C17H26N2O3S/c18-11-9-17(20)15-7-4-8-16(13-15)19-23(21,22)12-10-14-5-2-1-3-6-14/h4,7-8,13-14,19H,1-3,5-6,9-12,18H2. The van der Waals surface area contributed by atoms with Gasteiger partial charge >= 0.3 is 0 Å². The highest BCUT2D eigenvalue weighted by atomic mass is 32.2. The molecule has 0 aromatic heterocycles. The second kappa shape index (κ2) is 8.45.